The summed E-state index contributed by atoms with van der Waals surface area (Å²) in [6.45, 7) is 0.711. The third-order valence-electron chi connectivity index (χ3n) is 2.27. The minimum Gasteiger partial charge on any atom is -0.381 e. The van der Waals surface area contributed by atoms with Crippen LogP contribution in [-0.4, -0.2) is 6.54 Å². The average molecular weight is 218 g/mol. The molecule has 0 atom stereocenters. The van der Waals surface area contributed by atoms with Gasteiger partial charge in [-0.15, -0.1) is 0 Å². The number of halogens is 3. The van der Waals surface area contributed by atoms with Crippen LogP contribution in [0.3, 0.4) is 0 Å². The summed E-state index contributed by atoms with van der Waals surface area (Å²) in [4.78, 5) is 0. The Morgan fingerprint density at radius 3 is 2.64 bits per heavy atom. The lowest BCUT2D eigenvalue weighted by Crippen LogP contribution is -2.05. The predicted octanol–water partition coefficient (Wildman–Crippen LogP) is 3.44. The van der Waals surface area contributed by atoms with Gasteiger partial charge in [0.05, 0.1) is 10.7 Å². The van der Waals surface area contributed by atoms with Crippen molar-refractivity contribution in [3.05, 3.63) is 28.8 Å². The molecule has 1 aromatic rings. The Labute approximate surface area is 86.1 Å². The van der Waals surface area contributed by atoms with Crippen LogP contribution < -0.4 is 5.32 Å². The summed E-state index contributed by atoms with van der Waals surface area (Å²) in [5.41, 5.74) is 0.208. The van der Waals surface area contributed by atoms with E-state index in [-0.39, 0.29) is 10.7 Å². The first-order valence-corrected chi connectivity index (χ1v) is 4.93. The van der Waals surface area contributed by atoms with Crippen molar-refractivity contribution in [1.29, 1.82) is 0 Å². The van der Waals surface area contributed by atoms with Crippen LogP contribution >= 0.6 is 11.6 Å². The maximum atomic E-state index is 13.2. The van der Waals surface area contributed by atoms with Gasteiger partial charge < -0.3 is 5.32 Å². The first-order chi connectivity index (χ1) is 6.66. The number of hydrogen-bond donors (Lipinski definition) is 1. The molecule has 2 rings (SSSR count). The molecule has 4 heteroatoms. The van der Waals surface area contributed by atoms with Crippen LogP contribution in [0.15, 0.2) is 12.1 Å². The number of anilines is 1. The molecule has 1 fully saturated rings. The number of hydrogen-bond acceptors (Lipinski definition) is 1. The molecule has 0 aromatic heterocycles. The summed E-state index contributed by atoms with van der Waals surface area (Å²) in [5.74, 6) is -0.657. The van der Waals surface area contributed by atoms with Crippen molar-refractivity contribution in [2.75, 3.05) is 11.9 Å². The maximum absolute atomic E-state index is 13.2. The van der Waals surface area contributed by atoms with Gasteiger partial charge in [-0.25, -0.2) is 8.78 Å². The van der Waals surface area contributed by atoms with E-state index in [0.29, 0.717) is 12.5 Å². The SMILES string of the molecule is Fc1cc(F)c(NCC2CC2)c(Cl)c1. The van der Waals surface area contributed by atoms with Gasteiger partial charge >= 0.3 is 0 Å². The molecule has 1 aliphatic carbocycles. The zero-order valence-corrected chi connectivity index (χ0v) is 8.24. The fraction of sp³-hybridized carbons (Fsp3) is 0.400. The molecule has 1 aromatic carbocycles. The lowest BCUT2D eigenvalue weighted by molar-refractivity contribution is 0.585. The Balaban J connectivity index is 2.13. The summed E-state index contributed by atoms with van der Waals surface area (Å²) in [7, 11) is 0. The standard InChI is InChI=1S/C10H10ClF2N/c11-8-3-7(12)4-9(13)10(8)14-5-6-1-2-6/h3-4,6,14H,1-2,5H2. The molecule has 1 N–H and O–H groups in total. The molecule has 0 aliphatic heterocycles. The molecule has 0 radical (unpaired) electrons. The van der Waals surface area contributed by atoms with Gasteiger partial charge in [0.25, 0.3) is 0 Å². The molecule has 0 spiro atoms. The summed E-state index contributed by atoms with van der Waals surface area (Å²) >= 11 is 5.70. The van der Waals surface area contributed by atoms with Crippen LogP contribution in [0.5, 0.6) is 0 Å². The molecule has 0 unspecified atom stereocenters. The number of rotatable bonds is 3. The summed E-state index contributed by atoms with van der Waals surface area (Å²) < 4.78 is 25.9. The predicted molar refractivity (Wildman–Crippen MR) is 52.6 cm³/mol. The molecule has 0 saturated heterocycles. The number of nitrogens with one attached hydrogen (secondary N) is 1. The minimum atomic E-state index is -0.649. The van der Waals surface area contributed by atoms with Crippen LogP contribution in [0.2, 0.25) is 5.02 Å². The molecule has 14 heavy (non-hydrogen) atoms. The molecular weight excluding hydrogens is 208 g/mol. The highest BCUT2D eigenvalue weighted by atomic mass is 35.5. The average Bonchev–Trinajstić information content (AvgIpc) is 2.85. The van der Waals surface area contributed by atoms with E-state index in [1.807, 2.05) is 0 Å². The Hall–Kier alpha value is -0.830. The normalized spacial score (nSPS) is 15.6. The van der Waals surface area contributed by atoms with E-state index in [0.717, 1.165) is 12.1 Å². The maximum Gasteiger partial charge on any atom is 0.150 e. The van der Waals surface area contributed by atoms with Crippen LogP contribution in [0.25, 0.3) is 0 Å². The topological polar surface area (TPSA) is 12.0 Å². The van der Waals surface area contributed by atoms with Gasteiger partial charge in [-0.1, -0.05) is 11.6 Å². The van der Waals surface area contributed by atoms with Crippen molar-refractivity contribution in [3.63, 3.8) is 0 Å². The Bertz CT molecular complexity index is 327. The second-order valence-electron chi connectivity index (χ2n) is 3.57. The lowest BCUT2D eigenvalue weighted by atomic mass is 10.3. The summed E-state index contributed by atoms with van der Waals surface area (Å²) in [6.07, 6.45) is 2.35. The zero-order chi connectivity index (χ0) is 10.1. The second kappa shape index (κ2) is 3.73. The van der Waals surface area contributed by atoms with Gasteiger partial charge in [0.1, 0.15) is 5.82 Å². The fourth-order valence-corrected chi connectivity index (χ4v) is 1.54. The third-order valence-corrected chi connectivity index (χ3v) is 2.57. The third kappa shape index (κ3) is 2.15. The Morgan fingerprint density at radius 2 is 2.07 bits per heavy atom. The van der Waals surface area contributed by atoms with Crippen molar-refractivity contribution in [2.24, 2.45) is 5.92 Å². The van der Waals surface area contributed by atoms with Crippen molar-refractivity contribution in [2.45, 2.75) is 12.8 Å². The first kappa shape index (κ1) is 9.71. The highest BCUT2D eigenvalue weighted by Crippen LogP contribution is 2.31. The molecule has 1 nitrogen and oxygen atoms in total. The van der Waals surface area contributed by atoms with Gasteiger partial charge in [0.15, 0.2) is 5.82 Å². The minimum absolute atomic E-state index is 0.100. The van der Waals surface area contributed by atoms with E-state index in [2.05, 4.69) is 5.32 Å². The van der Waals surface area contributed by atoms with Crippen LogP contribution in [0, 0.1) is 17.6 Å². The molecule has 0 heterocycles. The van der Waals surface area contributed by atoms with Gasteiger partial charge in [-0.05, 0) is 24.8 Å². The second-order valence-corrected chi connectivity index (χ2v) is 3.98. The first-order valence-electron chi connectivity index (χ1n) is 4.55. The van der Waals surface area contributed by atoms with Crippen LogP contribution in [-0.2, 0) is 0 Å². The number of benzene rings is 1. The summed E-state index contributed by atoms with van der Waals surface area (Å²) in [5, 5.41) is 3.00. The van der Waals surface area contributed by atoms with E-state index in [4.69, 9.17) is 11.6 Å². The van der Waals surface area contributed by atoms with Crippen molar-refractivity contribution >= 4 is 17.3 Å². The monoisotopic (exact) mass is 217 g/mol. The molecule has 1 aliphatic rings. The molecule has 0 bridgehead atoms. The molecule has 0 amide bonds. The van der Waals surface area contributed by atoms with Gasteiger partial charge in [-0.2, -0.15) is 0 Å². The largest absolute Gasteiger partial charge is 0.381 e. The van der Waals surface area contributed by atoms with Gasteiger partial charge in [0, 0.05) is 12.6 Å². The fourth-order valence-electron chi connectivity index (χ4n) is 1.28. The zero-order valence-electron chi connectivity index (χ0n) is 7.49. The van der Waals surface area contributed by atoms with E-state index in [1.54, 1.807) is 0 Å². The van der Waals surface area contributed by atoms with Crippen LogP contribution in [0.4, 0.5) is 14.5 Å². The molecule has 1 saturated carbocycles. The Morgan fingerprint density at radius 1 is 1.36 bits per heavy atom. The van der Waals surface area contributed by atoms with E-state index in [1.165, 1.54) is 12.8 Å². The molecular formula is C10H10ClF2N. The molecule has 76 valence electrons. The van der Waals surface area contributed by atoms with E-state index < -0.39 is 11.6 Å². The van der Waals surface area contributed by atoms with E-state index >= 15 is 0 Å². The van der Waals surface area contributed by atoms with Crippen molar-refractivity contribution in [1.82, 2.24) is 0 Å². The smallest absolute Gasteiger partial charge is 0.150 e. The summed E-state index contributed by atoms with van der Waals surface area (Å²) in [6, 6.07) is 1.95. The van der Waals surface area contributed by atoms with Gasteiger partial charge in [0.2, 0.25) is 0 Å². The van der Waals surface area contributed by atoms with E-state index in [9.17, 15) is 8.78 Å². The highest BCUT2D eigenvalue weighted by Gasteiger charge is 2.21. The quantitative estimate of drug-likeness (QED) is 0.818. The lowest BCUT2D eigenvalue weighted by Gasteiger charge is -2.08. The van der Waals surface area contributed by atoms with Gasteiger partial charge in [-0.3, -0.25) is 0 Å². The highest BCUT2D eigenvalue weighted by molar-refractivity contribution is 6.33. The Kier molecular flexibility index (Phi) is 2.59. The van der Waals surface area contributed by atoms with Crippen LogP contribution in [0.1, 0.15) is 12.8 Å². The van der Waals surface area contributed by atoms with Crippen molar-refractivity contribution in [3.8, 4) is 0 Å². The van der Waals surface area contributed by atoms with Crippen molar-refractivity contribution < 1.29 is 8.78 Å².